The molecule has 0 aliphatic carbocycles. The van der Waals surface area contributed by atoms with Gasteiger partial charge in [-0.3, -0.25) is 9.58 Å². The van der Waals surface area contributed by atoms with Crippen molar-refractivity contribution in [1.29, 1.82) is 0 Å². The zero-order chi connectivity index (χ0) is 14.4. The maximum absolute atomic E-state index is 9.65. The van der Waals surface area contributed by atoms with Crippen LogP contribution in [0.5, 0.6) is 0 Å². The topological polar surface area (TPSA) is 50.5 Å². The molecule has 2 rings (SSSR count). The van der Waals surface area contributed by atoms with Gasteiger partial charge in [0.25, 0.3) is 0 Å². The van der Waals surface area contributed by atoms with Crippen molar-refractivity contribution in [1.82, 2.24) is 14.7 Å². The van der Waals surface area contributed by atoms with E-state index in [1.54, 1.807) is 7.11 Å². The van der Waals surface area contributed by atoms with Crippen molar-refractivity contribution in [3.05, 3.63) is 24.0 Å². The number of nitrogens with zero attached hydrogens (tertiary/aromatic N) is 3. The van der Waals surface area contributed by atoms with E-state index in [0.29, 0.717) is 6.54 Å². The van der Waals surface area contributed by atoms with E-state index >= 15 is 0 Å². The van der Waals surface area contributed by atoms with E-state index in [1.165, 1.54) is 11.1 Å². The Bertz CT molecular complexity index is 442. The normalized spacial score (nSPS) is 18.1. The molecular weight excluding hydrogens is 254 g/mol. The second-order valence-electron chi connectivity index (χ2n) is 5.29. The van der Waals surface area contributed by atoms with Crippen molar-refractivity contribution < 1.29 is 9.84 Å². The molecule has 2 heterocycles. The summed E-state index contributed by atoms with van der Waals surface area (Å²) in [5.41, 5.74) is 2.54. The summed E-state index contributed by atoms with van der Waals surface area (Å²) in [5, 5.41) is 14.0. The number of aliphatic hydroxyl groups is 1. The van der Waals surface area contributed by atoms with E-state index in [0.717, 1.165) is 39.1 Å². The van der Waals surface area contributed by atoms with Crippen molar-refractivity contribution in [2.24, 2.45) is 0 Å². The summed E-state index contributed by atoms with van der Waals surface area (Å²) < 4.78 is 6.94. The van der Waals surface area contributed by atoms with Crippen LogP contribution >= 0.6 is 0 Å². The van der Waals surface area contributed by atoms with Gasteiger partial charge in [0.1, 0.15) is 0 Å². The van der Waals surface area contributed by atoms with Gasteiger partial charge in [0.2, 0.25) is 0 Å². The van der Waals surface area contributed by atoms with Crippen LogP contribution in [0, 0.1) is 0 Å². The number of aliphatic hydroxyl groups excluding tert-OH is 1. The van der Waals surface area contributed by atoms with Gasteiger partial charge < -0.3 is 9.84 Å². The third-order valence-electron chi connectivity index (χ3n) is 3.78. The highest BCUT2D eigenvalue weighted by Gasteiger charge is 2.14. The molecule has 1 atom stereocenters. The van der Waals surface area contributed by atoms with Crippen LogP contribution in [0.2, 0.25) is 0 Å². The number of aromatic nitrogens is 2. The summed E-state index contributed by atoms with van der Waals surface area (Å²) >= 11 is 0. The van der Waals surface area contributed by atoms with Gasteiger partial charge in [-0.25, -0.2) is 0 Å². The zero-order valence-electron chi connectivity index (χ0n) is 12.5. The van der Waals surface area contributed by atoms with Crippen molar-refractivity contribution in [2.45, 2.75) is 32.4 Å². The van der Waals surface area contributed by atoms with Crippen LogP contribution < -0.4 is 0 Å². The Labute approximate surface area is 120 Å². The third kappa shape index (κ3) is 4.16. The quantitative estimate of drug-likeness (QED) is 0.819. The Morgan fingerprint density at radius 1 is 1.50 bits per heavy atom. The first kappa shape index (κ1) is 15.2. The molecule has 0 amide bonds. The Morgan fingerprint density at radius 3 is 3.00 bits per heavy atom. The van der Waals surface area contributed by atoms with Crippen LogP contribution in [0.25, 0.3) is 5.57 Å². The first-order valence-electron chi connectivity index (χ1n) is 7.34. The minimum atomic E-state index is -0.312. The van der Waals surface area contributed by atoms with Gasteiger partial charge in [-0.1, -0.05) is 13.0 Å². The second-order valence-corrected chi connectivity index (χ2v) is 5.29. The predicted molar refractivity (Wildman–Crippen MR) is 79.4 cm³/mol. The molecule has 0 spiro atoms. The van der Waals surface area contributed by atoms with Crippen LogP contribution in [-0.4, -0.2) is 59.2 Å². The number of hydrogen-bond donors (Lipinski definition) is 1. The molecule has 5 heteroatoms. The Balaban J connectivity index is 1.91. The number of ether oxygens (including phenoxy) is 1. The van der Waals surface area contributed by atoms with Gasteiger partial charge in [-0.15, -0.1) is 0 Å². The Kier molecular flexibility index (Phi) is 5.76. The molecule has 0 saturated heterocycles. The van der Waals surface area contributed by atoms with Crippen LogP contribution in [0.4, 0.5) is 0 Å². The summed E-state index contributed by atoms with van der Waals surface area (Å²) in [6.45, 7) is 6.37. The average Bonchev–Trinajstić information content (AvgIpc) is 2.94. The third-order valence-corrected chi connectivity index (χ3v) is 3.78. The maximum Gasteiger partial charge on any atom is 0.0733 e. The monoisotopic (exact) mass is 279 g/mol. The van der Waals surface area contributed by atoms with Crippen LogP contribution in [-0.2, 0) is 11.3 Å². The van der Waals surface area contributed by atoms with Crippen molar-refractivity contribution >= 4 is 5.57 Å². The molecule has 112 valence electrons. The minimum Gasteiger partial charge on any atom is -0.391 e. The summed E-state index contributed by atoms with van der Waals surface area (Å²) in [5.74, 6) is 0. The molecule has 0 bridgehead atoms. The van der Waals surface area contributed by atoms with Gasteiger partial charge in [0.15, 0.2) is 0 Å². The van der Waals surface area contributed by atoms with Gasteiger partial charge >= 0.3 is 0 Å². The fraction of sp³-hybridized carbons (Fsp3) is 0.667. The first-order chi connectivity index (χ1) is 9.72. The maximum atomic E-state index is 9.65. The molecule has 0 saturated carbocycles. The molecule has 0 fully saturated rings. The molecule has 1 N–H and O–H groups in total. The SMILES string of the molecule is CCC(O)Cn1cc(C2=CCN(CCOC)CC2)cn1. The molecule has 1 aliphatic rings. The van der Waals surface area contributed by atoms with Crippen molar-refractivity contribution in [3.63, 3.8) is 0 Å². The highest BCUT2D eigenvalue weighted by Crippen LogP contribution is 2.21. The lowest BCUT2D eigenvalue weighted by molar-refractivity contribution is 0.145. The Morgan fingerprint density at radius 2 is 2.35 bits per heavy atom. The summed E-state index contributed by atoms with van der Waals surface area (Å²) in [7, 11) is 1.74. The summed E-state index contributed by atoms with van der Waals surface area (Å²) in [4.78, 5) is 2.39. The molecule has 1 aromatic rings. The van der Waals surface area contributed by atoms with Gasteiger partial charge in [0, 0.05) is 38.5 Å². The van der Waals surface area contributed by atoms with Gasteiger partial charge in [-0.05, 0) is 18.4 Å². The van der Waals surface area contributed by atoms with Crippen molar-refractivity contribution in [2.75, 3.05) is 33.4 Å². The highest BCUT2D eigenvalue weighted by molar-refractivity contribution is 5.65. The van der Waals surface area contributed by atoms with E-state index in [1.807, 2.05) is 24.0 Å². The molecule has 1 aliphatic heterocycles. The van der Waals surface area contributed by atoms with E-state index in [-0.39, 0.29) is 6.10 Å². The number of rotatable bonds is 7. The average molecular weight is 279 g/mol. The van der Waals surface area contributed by atoms with Crippen LogP contribution in [0.1, 0.15) is 25.3 Å². The van der Waals surface area contributed by atoms with Gasteiger partial charge in [-0.2, -0.15) is 5.10 Å². The fourth-order valence-electron chi connectivity index (χ4n) is 2.37. The van der Waals surface area contributed by atoms with E-state index < -0.39 is 0 Å². The lowest BCUT2D eigenvalue weighted by atomic mass is 10.0. The number of hydrogen-bond acceptors (Lipinski definition) is 4. The van der Waals surface area contributed by atoms with E-state index in [4.69, 9.17) is 4.74 Å². The molecule has 0 aromatic carbocycles. The summed E-state index contributed by atoms with van der Waals surface area (Å²) in [6, 6.07) is 0. The summed E-state index contributed by atoms with van der Waals surface area (Å²) in [6.07, 6.45) is 7.70. The van der Waals surface area contributed by atoms with Crippen LogP contribution in [0.3, 0.4) is 0 Å². The lowest BCUT2D eigenvalue weighted by Crippen LogP contribution is -2.31. The predicted octanol–water partition coefficient (Wildman–Crippen LogP) is 1.39. The Hall–Kier alpha value is -1.17. The van der Waals surface area contributed by atoms with Crippen molar-refractivity contribution in [3.8, 4) is 0 Å². The van der Waals surface area contributed by atoms with Crippen LogP contribution in [0.15, 0.2) is 18.5 Å². The molecular formula is C15H25N3O2. The molecule has 20 heavy (non-hydrogen) atoms. The molecule has 5 nitrogen and oxygen atoms in total. The highest BCUT2D eigenvalue weighted by atomic mass is 16.5. The number of methoxy groups -OCH3 is 1. The van der Waals surface area contributed by atoms with E-state index in [2.05, 4.69) is 16.1 Å². The fourth-order valence-corrected chi connectivity index (χ4v) is 2.37. The largest absolute Gasteiger partial charge is 0.391 e. The van der Waals surface area contributed by atoms with Gasteiger partial charge in [0.05, 0.1) is 25.5 Å². The standard InChI is InChI=1S/C15H25N3O2/c1-3-15(19)12-18-11-14(10-16-18)13-4-6-17(7-5-13)8-9-20-2/h4,10-11,15,19H,3,5-9,12H2,1-2H3. The van der Waals surface area contributed by atoms with E-state index in [9.17, 15) is 5.11 Å². The molecule has 0 radical (unpaired) electrons. The first-order valence-corrected chi connectivity index (χ1v) is 7.34. The lowest BCUT2D eigenvalue weighted by Gasteiger charge is -2.25. The smallest absolute Gasteiger partial charge is 0.0733 e. The minimum absolute atomic E-state index is 0.312. The second kappa shape index (κ2) is 7.57. The zero-order valence-corrected chi connectivity index (χ0v) is 12.5. The molecule has 1 unspecified atom stereocenters. The molecule has 1 aromatic heterocycles.